The van der Waals surface area contributed by atoms with Gasteiger partial charge in [-0.15, -0.1) is 0 Å². The van der Waals surface area contributed by atoms with Crippen molar-refractivity contribution in [3.8, 4) is 0 Å². The van der Waals surface area contributed by atoms with Gasteiger partial charge in [0.2, 0.25) is 0 Å². The summed E-state index contributed by atoms with van der Waals surface area (Å²) >= 11 is 0. The van der Waals surface area contributed by atoms with Gasteiger partial charge in [0.15, 0.2) is 10.9 Å². The number of hydrogen-bond acceptors (Lipinski definition) is 4. The first kappa shape index (κ1) is 24.2. The molecule has 0 aliphatic carbocycles. The lowest BCUT2D eigenvalue weighted by Crippen LogP contribution is -2.27. The number of nitrogens with zero attached hydrogens (tertiary/aromatic N) is 2. The van der Waals surface area contributed by atoms with Crippen LogP contribution in [0.3, 0.4) is 0 Å². The summed E-state index contributed by atoms with van der Waals surface area (Å²) in [6.45, 7) is 17.3. The molecule has 0 aliphatic rings. The first-order chi connectivity index (χ1) is 16.3. The fourth-order valence-corrected chi connectivity index (χ4v) is 4.97. The van der Waals surface area contributed by atoms with Crippen LogP contribution in [0.15, 0.2) is 33.9 Å². The molecule has 6 nitrogen and oxygen atoms in total. The summed E-state index contributed by atoms with van der Waals surface area (Å²) in [6.07, 6.45) is 0. The maximum atomic E-state index is 13.4. The quantitative estimate of drug-likeness (QED) is 0.370. The van der Waals surface area contributed by atoms with E-state index in [0.717, 1.165) is 70.5 Å². The maximum Gasteiger partial charge on any atom is 0.194 e. The van der Waals surface area contributed by atoms with Gasteiger partial charge in [-0.05, 0) is 52.2 Å². The number of aromatic amines is 2. The van der Waals surface area contributed by atoms with Crippen LogP contribution in [0.4, 0.5) is 0 Å². The molecule has 0 radical (unpaired) electrons. The molecule has 2 aromatic heterocycles. The third-order valence-electron chi connectivity index (χ3n) is 7.32. The van der Waals surface area contributed by atoms with Crippen LogP contribution in [0.2, 0.25) is 0 Å². The van der Waals surface area contributed by atoms with Gasteiger partial charge in [0, 0.05) is 57.1 Å². The second-order valence-corrected chi connectivity index (χ2v) is 9.11. The zero-order chi connectivity index (χ0) is 24.6. The van der Waals surface area contributed by atoms with Gasteiger partial charge in [-0.25, -0.2) is 0 Å². The Hall–Kier alpha value is -2.96. The maximum absolute atomic E-state index is 13.4. The number of benzene rings is 2. The minimum atomic E-state index is 0.0828. The summed E-state index contributed by atoms with van der Waals surface area (Å²) in [7, 11) is 0. The highest BCUT2D eigenvalue weighted by molar-refractivity contribution is 6.14. The van der Waals surface area contributed by atoms with Crippen molar-refractivity contribution in [1.82, 2.24) is 19.8 Å². The van der Waals surface area contributed by atoms with Crippen LogP contribution in [0.1, 0.15) is 50.2 Å². The molecule has 0 spiro atoms. The molecule has 4 aromatic rings. The molecule has 0 aliphatic heterocycles. The number of aromatic nitrogens is 2. The van der Waals surface area contributed by atoms with Gasteiger partial charge in [-0.2, -0.15) is 0 Å². The molecule has 6 heteroatoms. The molecule has 0 amide bonds. The predicted molar refractivity (Wildman–Crippen MR) is 143 cm³/mol. The van der Waals surface area contributed by atoms with Crippen molar-refractivity contribution in [3.05, 3.63) is 67.2 Å². The number of aryl methyl sites for hydroxylation is 2. The van der Waals surface area contributed by atoms with Crippen LogP contribution in [0.5, 0.6) is 0 Å². The average Bonchev–Trinajstić information content (AvgIpc) is 2.84. The van der Waals surface area contributed by atoms with Gasteiger partial charge >= 0.3 is 0 Å². The Kier molecular flexibility index (Phi) is 6.91. The van der Waals surface area contributed by atoms with Crippen LogP contribution in [-0.2, 0) is 13.1 Å². The average molecular weight is 461 g/mol. The fourth-order valence-electron chi connectivity index (χ4n) is 4.97. The van der Waals surface area contributed by atoms with Crippen molar-refractivity contribution < 1.29 is 0 Å². The van der Waals surface area contributed by atoms with Gasteiger partial charge in [0.1, 0.15) is 0 Å². The lowest BCUT2D eigenvalue weighted by molar-refractivity contribution is 0.294. The minimum Gasteiger partial charge on any atom is -0.358 e. The largest absolute Gasteiger partial charge is 0.358 e. The van der Waals surface area contributed by atoms with E-state index in [9.17, 15) is 9.59 Å². The first-order valence-electron chi connectivity index (χ1n) is 12.4. The van der Waals surface area contributed by atoms with E-state index in [4.69, 9.17) is 0 Å². The molecular formula is C28H36N4O2. The number of nitrogens with one attached hydrogen (secondary N) is 2. The molecule has 4 rings (SSSR count). The van der Waals surface area contributed by atoms with Gasteiger partial charge in [0.05, 0.1) is 11.0 Å². The van der Waals surface area contributed by atoms with E-state index in [1.54, 1.807) is 0 Å². The number of pyridine rings is 2. The first-order valence-corrected chi connectivity index (χ1v) is 12.4. The van der Waals surface area contributed by atoms with E-state index in [1.165, 1.54) is 0 Å². The van der Waals surface area contributed by atoms with Gasteiger partial charge in [0.25, 0.3) is 0 Å². The molecule has 2 N–H and O–H groups in total. The molecule has 0 bridgehead atoms. The van der Waals surface area contributed by atoms with Crippen molar-refractivity contribution in [2.24, 2.45) is 0 Å². The standard InChI is InChI=1S/C28H36N4O2/c1-7-31(8-2)15-23-17(5)29-25-19-12-14-22-26(20(19)11-13-21(25)27(23)33)30-18(6)24(28(22)34)16-32(9-3)10-4/h11-14H,7-10,15-16H2,1-6H3,(H,29,33)(H,30,34). The molecule has 0 atom stereocenters. The Morgan fingerprint density at radius 2 is 0.912 bits per heavy atom. The third-order valence-corrected chi connectivity index (χ3v) is 7.32. The Bertz CT molecular complexity index is 1360. The van der Waals surface area contributed by atoms with Crippen LogP contribution >= 0.6 is 0 Å². The van der Waals surface area contributed by atoms with E-state index in [1.807, 2.05) is 38.1 Å². The number of fused-ring (bicyclic) bond motifs is 5. The monoisotopic (exact) mass is 460 g/mol. The Balaban J connectivity index is 1.94. The molecule has 2 aromatic carbocycles. The number of hydrogen-bond donors (Lipinski definition) is 2. The molecule has 0 fully saturated rings. The van der Waals surface area contributed by atoms with Crippen LogP contribution in [0, 0.1) is 13.8 Å². The molecule has 180 valence electrons. The lowest BCUT2D eigenvalue weighted by Gasteiger charge is -2.20. The fraction of sp³-hybridized carbons (Fsp3) is 0.429. The van der Waals surface area contributed by atoms with Crippen LogP contribution < -0.4 is 10.9 Å². The minimum absolute atomic E-state index is 0.0828. The van der Waals surface area contributed by atoms with E-state index < -0.39 is 0 Å². The molecule has 2 heterocycles. The summed E-state index contributed by atoms with van der Waals surface area (Å²) in [5.74, 6) is 0. The van der Waals surface area contributed by atoms with Gasteiger partial charge < -0.3 is 9.97 Å². The summed E-state index contributed by atoms with van der Waals surface area (Å²) in [4.78, 5) is 38.4. The van der Waals surface area contributed by atoms with E-state index >= 15 is 0 Å². The van der Waals surface area contributed by atoms with Gasteiger partial charge in [-0.3, -0.25) is 19.4 Å². The Morgan fingerprint density at radius 3 is 1.24 bits per heavy atom. The van der Waals surface area contributed by atoms with Crippen molar-refractivity contribution in [2.45, 2.75) is 54.6 Å². The van der Waals surface area contributed by atoms with Crippen molar-refractivity contribution in [1.29, 1.82) is 0 Å². The second kappa shape index (κ2) is 9.72. The van der Waals surface area contributed by atoms with Crippen molar-refractivity contribution >= 4 is 32.6 Å². The number of rotatable bonds is 8. The molecular weight excluding hydrogens is 424 g/mol. The molecule has 34 heavy (non-hydrogen) atoms. The van der Waals surface area contributed by atoms with E-state index in [2.05, 4.69) is 47.5 Å². The third kappa shape index (κ3) is 4.05. The van der Waals surface area contributed by atoms with Crippen molar-refractivity contribution in [2.75, 3.05) is 26.2 Å². The highest BCUT2D eigenvalue weighted by Crippen LogP contribution is 2.29. The summed E-state index contributed by atoms with van der Waals surface area (Å²) in [6, 6.07) is 7.76. The zero-order valence-electron chi connectivity index (χ0n) is 21.3. The molecule has 0 saturated carbocycles. The van der Waals surface area contributed by atoms with Crippen LogP contribution in [0.25, 0.3) is 32.6 Å². The zero-order valence-corrected chi connectivity index (χ0v) is 21.3. The second-order valence-electron chi connectivity index (χ2n) is 9.11. The Labute approximate surface area is 200 Å². The van der Waals surface area contributed by atoms with Gasteiger partial charge in [-0.1, -0.05) is 39.8 Å². The summed E-state index contributed by atoms with van der Waals surface area (Å²) < 4.78 is 0. The summed E-state index contributed by atoms with van der Waals surface area (Å²) in [5, 5.41) is 3.28. The summed E-state index contributed by atoms with van der Waals surface area (Å²) in [5.41, 5.74) is 5.27. The van der Waals surface area contributed by atoms with E-state index in [-0.39, 0.29) is 10.9 Å². The highest BCUT2D eigenvalue weighted by Gasteiger charge is 2.17. The van der Waals surface area contributed by atoms with Crippen LogP contribution in [-0.4, -0.2) is 45.9 Å². The SMILES string of the molecule is CCN(CC)Cc1c(C)[nH]c2c(ccc3c2ccc2c(=O)c(CN(CC)CC)c(C)[nH]c23)c1=O. The smallest absolute Gasteiger partial charge is 0.194 e. The molecule has 0 saturated heterocycles. The van der Waals surface area contributed by atoms with Crippen molar-refractivity contribution in [3.63, 3.8) is 0 Å². The lowest BCUT2D eigenvalue weighted by atomic mass is 9.99. The molecule has 0 unspecified atom stereocenters. The Morgan fingerprint density at radius 1 is 0.588 bits per heavy atom. The topological polar surface area (TPSA) is 72.2 Å². The highest BCUT2D eigenvalue weighted by atomic mass is 16.1. The number of H-pyrrole nitrogens is 2. The normalized spacial score (nSPS) is 12.1. The van der Waals surface area contributed by atoms with E-state index in [0.29, 0.717) is 23.9 Å². The predicted octanol–water partition coefficient (Wildman–Crippen LogP) is 4.82.